The fourth-order valence-electron chi connectivity index (χ4n) is 2.21. The van der Waals surface area contributed by atoms with Gasteiger partial charge in [-0.25, -0.2) is 4.39 Å². The molecule has 2 nitrogen and oxygen atoms in total. The molecule has 0 atom stereocenters. The Morgan fingerprint density at radius 3 is 2.57 bits per heavy atom. The summed E-state index contributed by atoms with van der Waals surface area (Å²) < 4.78 is 13.9. The molecule has 1 aromatic heterocycles. The lowest BCUT2D eigenvalue weighted by Crippen LogP contribution is -2.04. The average molecular weight is 343 g/mol. The van der Waals surface area contributed by atoms with E-state index in [1.54, 1.807) is 6.07 Å². The molecule has 0 radical (unpaired) electrons. The molecule has 3 aromatic rings. The SMILES string of the molecule is O=C(c1c(F)cccc1Cl)c1c[nH]c2cc(Cl)cc(Cl)c12. The molecule has 6 heteroatoms. The van der Waals surface area contributed by atoms with Crippen molar-refractivity contribution in [1.82, 2.24) is 4.98 Å². The number of ketones is 1. The minimum absolute atomic E-state index is 0.0550. The quantitative estimate of drug-likeness (QED) is 0.613. The molecule has 1 heterocycles. The van der Waals surface area contributed by atoms with Gasteiger partial charge in [0.05, 0.1) is 15.6 Å². The highest BCUT2D eigenvalue weighted by Crippen LogP contribution is 2.33. The summed E-state index contributed by atoms with van der Waals surface area (Å²) in [5.41, 5.74) is 0.674. The fourth-order valence-corrected chi connectivity index (χ4v) is 3.06. The normalized spacial score (nSPS) is 11.0. The van der Waals surface area contributed by atoms with Gasteiger partial charge < -0.3 is 4.98 Å². The highest BCUT2D eigenvalue weighted by atomic mass is 35.5. The molecule has 2 aromatic carbocycles. The number of hydrogen-bond acceptors (Lipinski definition) is 1. The van der Waals surface area contributed by atoms with Gasteiger partial charge >= 0.3 is 0 Å². The minimum atomic E-state index is -0.674. The maximum Gasteiger partial charge on any atom is 0.199 e. The van der Waals surface area contributed by atoms with E-state index < -0.39 is 11.6 Å². The Bertz CT molecular complexity index is 852. The van der Waals surface area contributed by atoms with E-state index in [-0.39, 0.29) is 16.1 Å². The van der Waals surface area contributed by atoms with E-state index in [4.69, 9.17) is 34.8 Å². The van der Waals surface area contributed by atoms with Crippen LogP contribution in [0.5, 0.6) is 0 Å². The summed E-state index contributed by atoms with van der Waals surface area (Å²) in [5, 5.41) is 1.30. The van der Waals surface area contributed by atoms with Gasteiger partial charge in [0, 0.05) is 27.7 Å². The second kappa shape index (κ2) is 5.34. The van der Waals surface area contributed by atoms with Crippen LogP contribution in [0.25, 0.3) is 10.9 Å². The Morgan fingerprint density at radius 2 is 1.86 bits per heavy atom. The lowest BCUT2D eigenvalue weighted by molar-refractivity contribution is 0.103. The maximum absolute atomic E-state index is 13.9. The Balaban J connectivity index is 2.24. The zero-order valence-electron chi connectivity index (χ0n) is 10.4. The third kappa shape index (κ3) is 2.42. The summed E-state index contributed by atoms with van der Waals surface area (Å²) in [6.45, 7) is 0. The molecule has 21 heavy (non-hydrogen) atoms. The molecular weight excluding hydrogens is 336 g/mol. The monoisotopic (exact) mass is 341 g/mol. The van der Waals surface area contributed by atoms with E-state index in [1.165, 1.54) is 30.5 Å². The first-order valence-corrected chi connectivity index (χ1v) is 7.07. The first-order valence-electron chi connectivity index (χ1n) is 5.94. The summed E-state index contributed by atoms with van der Waals surface area (Å²) in [7, 11) is 0. The van der Waals surface area contributed by atoms with Gasteiger partial charge in [-0.15, -0.1) is 0 Å². The number of rotatable bonds is 2. The third-order valence-corrected chi connectivity index (χ3v) is 3.96. The summed E-state index contributed by atoms with van der Waals surface area (Å²) in [4.78, 5) is 15.5. The number of halogens is 4. The van der Waals surface area contributed by atoms with Crippen LogP contribution in [-0.4, -0.2) is 10.8 Å². The van der Waals surface area contributed by atoms with Crippen molar-refractivity contribution in [1.29, 1.82) is 0 Å². The molecule has 0 amide bonds. The van der Waals surface area contributed by atoms with Crippen molar-refractivity contribution in [3.63, 3.8) is 0 Å². The van der Waals surface area contributed by atoms with E-state index in [0.29, 0.717) is 20.9 Å². The highest BCUT2D eigenvalue weighted by molar-refractivity contribution is 6.41. The Kier molecular flexibility index (Phi) is 3.66. The smallest absolute Gasteiger partial charge is 0.199 e. The highest BCUT2D eigenvalue weighted by Gasteiger charge is 2.22. The van der Waals surface area contributed by atoms with Gasteiger partial charge in [0.15, 0.2) is 5.78 Å². The zero-order chi connectivity index (χ0) is 15.1. The molecule has 0 aliphatic heterocycles. The van der Waals surface area contributed by atoms with E-state index in [1.807, 2.05) is 0 Å². The molecule has 0 aliphatic carbocycles. The number of hydrogen-bond donors (Lipinski definition) is 1. The second-order valence-electron chi connectivity index (χ2n) is 4.44. The van der Waals surface area contributed by atoms with Crippen LogP contribution < -0.4 is 0 Å². The summed E-state index contributed by atoms with van der Waals surface area (Å²) >= 11 is 18.0. The van der Waals surface area contributed by atoms with Gasteiger partial charge in [0.2, 0.25) is 0 Å². The number of nitrogens with one attached hydrogen (secondary N) is 1. The summed E-state index contributed by atoms with van der Waals surface area (Å²) in [5.74, 6) is -1.21. The maximum atomic E-state index is 13.9. The molecule has 3 rings (SSSR count). The molecule has 0 fully saturated rings. The van der Waals surface area contributed by atoms with E-state index in [9.17, 15) is 9.18 Å². The number of aromatic amines is 1. The van der Waals surface area contributed by atoms with Crippen molar-refractivity contribution in [3.05, 3.63) is 68.5 Å². The third-order valence-electron chi connectivity index (χ3n) is 3.13. The van der Waals surface area contributed by atoms with E-state index in [2.05, 4.69) is 4.98 Å². The fraction of sp³-hybridized carbons (Fsp3) is 0. The molecule has 106 valence electrons. The first-order chi connectivity index (χ1) is 9.99. The van der Waals surface area contributed by atoms with Crippen molar-refractivity contribution in [3.8, 4) is 0 Å². The van der Waals surface area contributed by atoms with E-state index in [0.717, 1.165) is 0 Å². The number of carbonyl (C=O) groups excluding carboxylic acids is 1. The molecule has 0 bridgehead atoms. The van der Waals surface area contributed by atoms with Crippen LogP contribution in [0, 0.1) is 5.82 Å². The number of H-pyrrole nitrogens is 1. The molecule has 0 saturated carbocycles. The van der Waals surface area contributed by atoms with Crippen LogP contribution in [0.1, 0.15) is 15.9 Å². The lowest BCUT2D eigenvalue weighted by Gasteiger charge is -2.05. The Hall–Kier alpha value is -1.55. The standard InChI is InChI=1S/C15H7Cl3FNO/c16-7-4-10(18)13-8(6-20-12(13)5-7)15(21)14-9(17)2-1-3-11(14)19/h1-6,20H. The zero-order valence-corrected chi connectivity index (χ0v) is 12.7. The van der Waals surface area contributed by atoms with Gasteiger partial charge in [-0.2, -0.15) is 0 Å². The predicted molar refractivity (Wildman–Crippen MR) is 83.2 cm³/mol. The first kappa shape index (κ1) is 14.4. The van der Waals surface area contributed by atoms with Crippen molar-refractivity contribution < 1.29 is 9.18 Å². The van der Waals surface area contributed by atoms with Crippen molar-refractivity contribution in [2.24, 2.45) is 0 Å². The van der Waals surface area contributed by atoms with Crippen LogP contribution in [0.3, 0.4) is 0 Å². The van der Waals surface area contributed by atoms with Gasteiger partial charge in [0.25, 0.3) is 0 Å². The lowest BCUT2D eigenvalue weighted by atomic mass is 10.0. The molecule has 0 spiro atoms. The number of benzene rings is 2. The van der Waals surface area contributed by atoms with Crippen molar-refractivity contribution in [2.75, 3.05) is 0 Å². The van der Waals surface area contributed by atoms with Crippen molar-refractivity contribution >= 4 is 51.5 Å². The van der Waals surface area contributed by atoms with Gasteiger partial charge in [0.1, 0.15) is 5.82 Å². The second-order valence-corrected chi connectivity index (χ2v) is 5.69. The predicted octanol–water partition coefficient (Wildman–Crippen LogP) is 5.50. The van der Waals surface area contributed by atoms with Crippen LogP contribution in [0.15, 0.2) is 36.5 Å². The topological polar surface area (TPSA) is 32.9 Å². The van der Waals surface area contributed by atoms with E-state index >= 15 is 0 Å². The number of fused-ring (bicyclic) bond motifs is 1. The molecule has 1 N–H and O–H groups in total. The van der Waals surface area contributed by atoms with Gasteiger partial charge in [-0.3, -0.25) is 4.79 Å². The van der Waals surface area contributed by atoms with Crippen molar-refractivity contribution in [2.45, 2.75) is 0 Å². The summed E-state index contributed by atoms with van der Waals surface area (Å²) in [6, 6.07) is 7.26. The average Bonchev–Trinajstić information content (AvgIpc) is 2.82. The van der Waals surface area contributed by atoms with Crippen LogP contribution in [0.4, 0.5) is 4.39 Å². The number of aromatic nitrogens is 1. The molecule has 0 aliphatic rings. The largest absolute Gasteiger partial charge is 0.360 e. The van der Waals surface area contributed by atoms with Gasteiger partial charge in [-0.05, 0) is 24.3 Å². The number of carbonyl (C=O) groups is 1. The minimum Gasteiger partial charge on any atom is -0.360 e. The molecular formula is C15H7Cl3FNO. The van der Waals surface area contributed by atoms with Crippen LogP contribution >= 0.6 is 34.8 Å². The summed E-state index contributed by atoms with van der Waals surface area (Å²) in [6.07, 6.45) is 1.47. The van der Waals surface area contributed by atoms with Gasteiger partial charge in [-0.1, -0.05) is 40.9 Å². The Morgan fingerprint density at radius 1 is 1.10 bits per heavy atom. The van der Waals surface area contributed by atoms with Crippen LogP contribution in [0.2, 0.25) is 15.1 Å². The molecule has 0 unspecified atom stereocenters. The Labute approximate surface area is 134 Å². The molecule has 0 saturated heterocycles. The van der Waals surface area contributed by atoms with Crippen LogP contribution in [-0.2, 0) is 0 Å².